The Morgan fingerprint density at radius 3 is 2.48 bits per heavy atom. The fourth-order valence-electron chi connectivity index (χ4n) is 3.92. The Morgan fingerprint density at radius 2 is 1.86 bits per heavy atom. The highest BCUT2D eigenvalue weighted by Crippen LogP contribution is 2.25. The number of hydrogen-bond acceptors (Lipinski definition) is 5. The Labute approximate surface area is 172 Å². The van der Waals surface area contributed by atoms with Crippen molar-refractivity contribution >= 4 is 22.0 Å². The maximum absolute atomic E-state index is 12.9. The number of nitrogens with zero attached hydrogens (tertiary/aromatic N) is 3. The lowest BCUT2D eigenvalue weighted by Gasteiger charge is -2.38. The number of nitrogens with one attached hydrogen (secondary N) is 1. The summed E-state index contributed by atoms with van der Waals surface area (Å²) in [6, 6.07) is 1.63. The molecule has 1 saturated carbocycles. The van der Waals surface area contributed by atoms with E-state index in [4.69, 9.17) is 4.42 Å². The van der Waals surface area contributed by atoms with E-state index in [1.165, 1.54) is 27.6 Å². The molecular formula is C19H30N4O5S. The van der Waals surface area contributed by atoms with Crippen LogP contribution in [0, 0.1) is 0 Å². The summed E-state index contributed by atoms with van der Waals surface area (Å²) in [5, 5.41) is 2.68. The van der Waals surface area contributed by atoms with Crippen LogP contribution >= 0.6 is 0 Å². The summed E-state index contributed by atoms with van der Waals surface area (Å²) < 4.78 is 33.7. The smallest absolute Gasteiger partial charge is 0.282 e. The second-order valence-corrected chi connectivity index (χ2v) is 9.60. The van der Waals surface area contributed by atoms with Gasteiger partial charge in [0.2, 0.25) is 5.91 Å². The van der Waals surface area contributed by atoms with Crippen LogP contribution in [0.3, 0.4) is 0 Å². The molecule has 0 radical (unpaired) electrons. The average Bonchev–Trinajstić information content (AvgIpc) is 3.29. The number of amides is 2. The van der Waals surface area contributed by atoms with Gasteiger partial charge in [-0.3, -0.25) is 9.59 Å². The van der Waals surface area contributed by atoms with Gasteiger partial charge in [0, 0.05) is 52.2 Å². The number of hydrogen-bond donors (Lipinski definition) is 1. The molecule has 2 aliphatic rings. The fraction of sp³-hybridized carbons (Fsp3) is 0.684. The van der Waals surface area contributed by atoms with Gasteiger partial charge in [-0.2, -0.15) is 17.0 Å². The van der Waals surface area contributed by atoms with Crippen molar-refractivity contribution in [3.63, 3.8) is 0 Å². The Hall–Kier alpha value is -1.91. The Kier molecular flexibility index (Phi) is 7.31. The van der Waals surface area contributed by atoms with Crippen LogP contribution in [0.5, 0.6) is 0 Å². The minimum atomic E-state index is -3.50. The molecule has 0 atom stereocenters. The molecule has 0 unspecified atom stereocenters. The van der Waals surface area contributed by atoms with Gasteiger partial charge in [-0.1, -0.05) is 19.3 Å². The van der Waals surface area contributed by atoms with E-state index in [2.05, 4.69) is 5.32 Å². The van der Waals surface area contributed by atoms with E-state index in [1.807, 2.05) is 0 Å². The molecule has 2 fully saturated rings. The Bertz CT molecular complexity index is 782. The maximum Gasteiger partial charge on any atom is 0.282 e. The molecule has 29 heavy (non-hydrogen) atoms. The third-order valence-corrected chi connectivity index (χ3v) is 7.82. The summed E-state index contributed by atoms with van der Waals surface area (Å²) in [5.41, 5.74) is 0.415. The molecule has 1 aromatic heterocycles. The zero-order valence-electron chi connectivity index (χ0n) is 16.9. The van der Waals surface area contributed by atoms with Crippen molar-refractivity contribution in [1.29, 1.82) is 0 Å². The van der Waals surface area contributed by atoms with Gasteiger partial charge in [-0.15, -0.1) is 0 Å². The molecule has 10 heteroatoms. The van der Waals surface area contributed by atoms with Crippen molar-refractivity contribution < 1.29 is 22.4 Å². The lowest BCUT2D eigenvalue weighted by molar-refractivity contribution is -0.132. The van der Waals surface area contributed by atoms with E-state index in [1.54, 1.807) is 18.0 Å². The van der Waals surface area contributed by atoms with Gasteiger partial charge in [-0.05, 0) is 18.9 Å². The second-order valence-electron chi connectivity index (χ2n) is 7.61. The van der Waals surface area contributed by atoms with E-state index in [-0.39, 0.29) is 30.8 Å². The molecule has 1 aliphatic carbocycles. The molecule has 3 rings (SSSR count). The van der Waals surface area contributed by atoms with Gasteiger partial charge in [0.15, 0.2) is 0 Å². The van der Waals surface area contributed by atoms with E-state index < -0.39 is 10.2 Å². The van der Waals surface area contributed by atoms with Gasteiger partial charge < -0.3 is 14.6 Å². The second kappa shape index (κ2) is 9.73. The first-order valence-corrected chi connectivity index (χ1v) is 11.6. The summed E-state index contributed by atoms with van der Waals surface area (Å²) in [7, 11) is -1.83. The number of piperazine rings is 1. The Balaban J connectivity index is 1.43. The fourth-order valence-corrected chi connectivity index (χ4v) is 5.50. The highest BCUT2D eigenvalue weighted by Gasteiger charge is 2.35. The summed E-state index contributed by atoms with van der Waals surface area (Å²) in [4.78, 5) is 25.9. The highest BCUT2D eigenvalue weighted by molar-refractivity contribution is 7.86. The van der Waals surface area contributed by atoms with E-state index in [9.17, 15) is 18.0 Å². The quantitative estimate of drug-likeness (QED) is 0.702. The van der Waals surface area contributed by atoms with Crippen molar-refractivity contribution in [2.75, 3.05) is 39.8 Å². The van der Waals surface area contributed by atoms with Crippen LogP contribution < -0.4 is 5.32 Å². The first kappa shape index (κ1) is 21.8. The van der Waals surface area contributed by atoms with Gasteiger partial charge >= 0.3 is 0 Å². The van der Waals surface area contributed by atoms with Crippen LogP contribution in [0.4, 0.5) is 0 Å². The summed E-state index contributed by atoms with van der Waals surface area (Å²) >= 11 is 0. The predicted octanol–water partition coefficient (Wildman–Crippen LogP) is 1.05. The van der Waals surface area contributed by atoms with E-state index >= 15 is 0 Å². The number of carbonyl (C=O) groups is 2. The van der Waals surface area contributed by atoms with E-state index in [0.717, 1.165) is 25.7 Å². The van der Waals surface area contributed by atoms with Crippen LogP contribution in [-0.4, -0.2) is 79.6 Å². The van der Waals surface area contributed by atoms with Crippen molar-refractivity contribution in [2.24, 2.45) is 0 Å². The van der Waals surface area contributed by atoms with Crippen LogP contribution in [-0.2, 0) is 15.0 Å². The summed E-state index contributed by atoms with van der Waals surface area (Å²) in [5.74, 6) is -0.372. The largest absolute Gasteiger partial charge is 0.472 e. The van der Waals surface area contributed by atoms with Crippen molar-refractivity contribution in [3.8, 4) is 0 Å². The zero-order valence-corrected chi connectivity index (χ0v) is 17.7. The first-order chi connectivity index (χ1) is 13.9. The average molecular weight is 427 g/mol. The molecule has 2 heterocycles. The van der Waals surface area contributed by atoms with Crippen LogP contribution in [0.25, 0.3) is 0 Å². The Morgan fingerprint density at radius 1 is 1.17 bits per heavy atom. The zero-order chi connectivity index (χ0) is 20.9. The molecule has 2 amide bonds. The van der Waals surface area contributed by atoms with Crippen molar-refractivity contribution in [1.82, 2.24) is 18.8 Å². The minimum absolute atomic E-state index is 0.0762. The number of furan rings is 1. The topological polar surface area (TPSA) is 103 Å². The molecule has 1 aromatic rings. The van der Waals surface area contributed by atoms with Gasteiger partial charge in [-0.25, -0.2) is 0 Å². The van der Waals surface area contributed by atoms with Crippen molar-refractivity contribution in [3.05, 3.63) is 24.2 Å². The third-order valence-electron chi connectivity index (χ3n) is 5.78. The molecule has 1 N–H and O–H groups in total. The summed E-state index contributed by atoms with van der Waals surface area (Å²) in [6.07, 6.45) is 8.10. The van der Waals surface area contributed by atoms with Gasteiger partial charge in [0.25, 0.3) is 16.1 Å². The maximum atomic E-state index is 12.9. The molecule has 1 saturated heterocycles. The first-order valence-electron chi connectivity index (χ1n) is 10.2. The lowest BCUT2D eigenvalue weighted by atomic mass is 9.96. The molecule has 1 aliphatic heterocycles. The minimum Gasteiger partial charge on any atom is -0.472 e. The van der Waals surface area contributed by atoms with Gasteiger partial charge in [0.05, 0.1) is 11.8 Å². The number of carbonyl (C=O) groups excluding carboxylic acids is 2. The molecule has 0 bridgehead atoms. The highest BCUT2D eigenvalue weighted by atomic mass is 32.2. The molecular weight excluding hydrogens is 396 g/mol. The molecule has 9 nitrogen and oxygen atoms in total. The standard InChI is InChI=1S/C19H30N4O5S/c1-21(17-5-3-2-4-6-17)29(26,27)23-12-10-22(11-13-23)18(24)7-9-20-19(25)16-8-14-28-15-16/h8,14-15,17H,2-7,9-13H2,1H3,(H,20,25). The molecule has 0 aromatic carbocycles. The van der Waals surface area contributed by atoms with Crippen LogP contribution in [0.15, 0.2) is 23.0 Å². The monoisotopic (exact) mass is 426 g/mol. The lowest BCUT2D eigenvalue weighted by Crippen LogP contribution is -2.55. The normalized spacial score (nSPS) is 19.4. The molecule has 162 valence electrons. The van der Waals surface area contributed by atoms with Crippen LogP contribution in [0.1, 0.15) is 48.9 Å². The number of rotatable bonds is 7. The van der Waals surface area contributed by atoms with Crippen molar-refractivity contribution in [2.45, 2.75) is 44.6 Å². The SMILES string of the molecule is CN(C1CCCCC1)S(=O)(=O)N1CCN(C(=O)CCNC(=O)c2ccoc2)CC1. The summed E-state index contributed by atoms with van der Waals surface area (Å²) in [6.45, 7) is 1.56. The van der Waals surface area contributed by atoms with E-state index in [0.29, 0.717) is 31.7 Å². The van der Waals surface area contributed by atoms with Crippen LogP contribution in [0.2, 0.25) is 0 Å². The van der Waals surface area contributed by atoms with Gasteiger partial charge in [0.1, 0.15) is 6.26 Å². The predicted molar refractivity (Wildman–Crippen MR) is 107 cm³/mol. The molecule has 0 spiro atoms. The third kappa shape index (κ3) is 5.37.